The maximum atomic E-state index is 12.7. The van der Waals surface area contributed by atoms with E-state index >= 15 is 0 Å². The Labute approximate surface area is 170 Å². The van der Waals surface area contributed by atoms with Gasteiger partial charge in [-0.15, -0.1) is 0 Å². The summed E-state index contributed by atoms with van der Waals surface area (Å²) in [7, 11) is 2.05. The first-order valence-corrected chi connectivity index (χ1v) is 9.84. The van der Waals surface area contributed by atoms with Crippen LogP contribution < -0.4 is 10.8 Å². The van der Waals surface area contributed by atoms with Crippen LogP contribution in [0.15, 0.2) is 54.6 Å². The van der Waals surface area contributed by atoms with Gasteiger partial charge in [0, 0.05) is 33.1 Å². The van der Waals surface area contributed by atoms with Crippen molar-refractivity contribution >= 4 is 5.91 Å². The van der Waals surface area contributed by atoms with Crippen molar-refractivity contribution < 1.29 is 9.63 Å². The highest BCUT2D eigenvalue weighted by Crippen LogP contribution is 2.27. The topological polar surface area (TPSA) is 80.6 Å². The van der Waals surface area contributed by atoms with Gasteiger partial charge in [-0.05, 0) is 23.3 Å². The van der Waals surface area contributed by atoms with Crippen molar-refractivity contribution in [2.45, 2.75) is 31.2 Å². The van der Waals surface area contributed by atoms with E-state index in [1.165, 1.54) is 5.56 Å². The van der Waals surface area contributed by atoms with Crippen molar-refractivity contribution in [1.29, 1.82) is 5.26 Å². The first-order chi connectivity index (χ1) is 14.1. The molecular weight excluding hydrogens is 366 g/mol. The molecule has 2 fully saturated rings. The smallest absolute Gasteiger partial charge is 0.239 e. The van der Waals surface area contributed by atoms with Crippen molar-refractivity contribution in [2.24, 2.45) is 0 Å². The molecule has 0 spiro atoms. The summed E-state index contributed by atoms with van der Waals surface area (Å²) in [4.78, 5) is 18.3. The molecule has 2 heterocycles. The molecule has 29 heavy (non-hydrogen) atoms. The molecule has 1 amide bonds. The van der Waals surface area contributed by atoms with Crippen LogP contribution in [0.1, 0.15) is 29.2 Å². The highest BCUT2D eigenvalue weighted by Gasteiger charge is 2.35. The van der Waals surface area contributed by atoms with E-state index in [9.17, 15) is 4.79 Å². The Bertz CT molecular complexity index is 898. The predicted octanol–water partition coefficient (Wildman–Crippen LogP) is 1.74. The lowest BCUT2D eigenvalue weighted by Crippen LogP contribution is -2.46. The van der Waals surface area contributed by atoms with E-state index in [0.29, 0.717) is 12.0 Å². The van der Waals surface area contributed by atoms with Crippen LogP contribution in [0.2, 0.25) is 0 Å². The molecule has 0 saturated carbocycles. The van der Waals surface area contributed by atoms with Crippen LogP contribution in [0.5, 0.6) is 0 Å². The molecule has 0 bridgehead atoms. The molecule has 7 heteroatoms. The number of nitrogens with zero attached hydrogens (tertiary/aromatic N) is 3. The zero-order chi connectivity index (χ0) is 20.2. The molecule has 2 N–H and O–H groups in total. The summed E-state index contributed by atoms with van der Waals surface area (Å²) in [6, 6.07) is 19.4. The number of hydroxylamine groups is 1. The molecule has 7 nitrogen and oxygen atoms in total. The minimum atomic E-state index is -0.403. The Morgan fingerprint density at radius 1 is 1.24 bits per heavy atom. The number of carbonyl (C=O) groups is 1. The Morgan fingerprint density at radius 2 is 2.07 bits per heavy atom. The van der Waals surface area contributed by atoms with Gasteiger partial charge < -0.3 is 5.32 Å². The molecule has 2 aliphatic rings. The van der Waals surface area contributed by atoms with Crippen molar-refractivity contribution in [2.75, 3.05) is 20.1 Å². The lowest BCUT2D eigenvalue weighted by molar-refractivity contribution is -0.124. The zero-order valence-electron chi connectivity index (χ0n) is 16.4. The fourth-order valence-corrected chi connectivity index (χ4v) is 3.91. The first kappa shape index (κ1) is 19.6. The van der Waals surface area contributed by atoms with E-state index in [2.05, 4.69) is 39.0 Å². The Hall–Kier alpha value is -2.76. The number of hydrazine groups is 1. The average Bonchev–Trinajstić information content (AvgIpc) is 3.36. The second-order valence-corrected chi connectivity index (χ2v) is 7.63. The normalized spacial score (nSPS) is 25.0. The summed E-state index contributed by atoms with van der Waals surface area (Å²) in [5.74, 6) is -0.0519. The fraction of sp³-hybridized carbons (Fsp3) is 0.364. The van der Waals surface area contributed by atoms with Gasteiger partial charge in [0.25, 0.3) is 0 Å². The van der Waals surface area contributed by atoms with E-state index in [0.717, 1.165) is 25.2 Å². The van der Waals surface area contributed by atoms with Gasteiger partial charge in [-0.1, -0.05) is 42.5 Å². The average molecular weight is 391 g/mol. The highest BCUT2D eigenvalue weighted by molar-refractivity contribution is 5.82. The van der Waals surface area contributed by atoms with Crippen molar-refractivity contribution in [3.63, 3.8) is 0 Å². The third-order valence-corrected chi connectivity index (χ3v) is 5.46. The van der Waals surface area contributed by atoms with Crippen LogP contribution in [0, 0.1) is 11.3 Å². The third kappa shape index (κ3) is 4.63. The largest absolute Gasteiger partial charge is 0.349 e. The number of hydrogen-bond acceptors (Lipinski definition) is 6. The van der Waals surface area contributed by atoms with Gasteiger partial charge in [0.1, 0.15) is 12.1 Å². The van der Waals surface area contributed by atoms with Gasteiger partial charge in [-0.2, -0.15) is 10.7 Å². The van der Waals surface area contributed by atoms with E-state index < -0.39 is 6.04 Å². The van der Waals surface area contributed by atoms with Gasteiger partial charge in [-0.3, -0.25) is 9.63 Å². The van der Waals surface area contributed by atoms with E-state index in [-0.39, 0.29) is 18.1 Å². The fourth-order valence-electron chi connectivity index (χ4n) is 3.91. The van der Waals surface area contributed by atoms with Crippen molar-refractivity contribution in [3.05, 3.63) is 71.3 Å². The lowest BCUT2D eigenvalue weighted by atomic mass is 10.0. The minimum absolute atomic E-state index is 0.0519. The standard InChI is InChI=1S/C22H25N5O2/c1-26-14-19(15-27(26)13-16-6-3-2-4-7-16)24-22(28)20-11-21(29-25-20)18-9-5-8-17(10-18)12-23/h2-10,19-21,25H,11,13-15H2,1H3,(H,24,28). The molecule has 3 atom stereocenters. The van der Waals surface area contributed by atoms with Crippen LogP contribution in [-0.4, -0.2) is 48.1 Å². The summed E-state index contributed by atoms with van der Waals surface area (Å²) in [6.07, 6.45) is 0.302. The number of nitriles is 1. The van der Waals surface area contributed by atoms with Crippen LogP contribution in [0.3, 0.4) is 0 Å². The number of rotatable bonds is 5. The van der Waals surface area contributed by atoms with E-state index in [1.54, 1.807) is 12.1 Å². The van der Waals surface area contributed by atoms with E-state index in [1.807, 2.05) is 37.4 Å². The first-order valence-electron chi connectivity index (χ1n) is 9.84. The van der Waals surface area contributed by atoms with Crippen molar-refractivity contribution in [1.82, 2.24) is 20.8 Å². The van der Waals surface area contributed by atoms with Gasteiger partial charge >= 0.3 is 0 Å². The molecule has 2 aliphatic heterocycles. The Balaban J connectivity index is 1.30. The summed E-state index contributed by atoms with van der Waals surface area (Å²) >= 11 is 0. The molecule has 0 aromatic heterocycles. The lowest BCUT2D eigenvalue weighted by Gasteiger charge is -2.23. The molecule has 3 unspecified atom stereocenters. The number of carbonyl (C=O) groups excluding carboxylic acids is 1. The monoisotopic (exact) mass is 391 g/mol. The zero-order valence-corrected chi connectivity index (χ0v) is 16.4. The maximum absolute atomic E-state index is 12.7. The molecule has 4 rings (SSSR count). The second kappa shape index (κ2) is 8.72. The molecule has 2 aromatic rings. The number of likely N-dealkylation sites (N-methyl/N-ethyl adjacent to an activating group) is 1. The van der Waals surface area contributed by atoms with Gasteiger partial charge in [-0.25, -0.2) is 10.0 Å². The molecule has 0 aliphatic carbocycles. The summed E-state index contributed by atoms with van der Waals surface area (Å²) in [6.45, 7) is 2.38. The molecule has 0 radical (unpaired) electrons. The number of amides is 1. The van der Waals surface area contributed by atoms with Crippen LogP contribution in [0.25, 0.3) is 0 Å². The van der Waals surface area contributed by atoms with E-state index in [4.69, 9.17) is 10.1 Å². The molecule has 2 saturated heterocycles. The summed E-state index contributed by atoms with van der Waals surface area (Å²) < 4.78 is 0. The minimum Gasteiger partial charge on any atom is -0.349 e. The highest BCUT2D eigenvalue weighted by atomic mass is 16.7. The van der Waals surface area contributed by atoms with Crippen LogP contribution in [-0.2, 0) is 16.2 Å². The maximum Gasteiger partial charge on any atom is 0.239 e. The quantitative estimate of drug-likeness (QED) is 0.808. The Kier molecular flexibility index (Phi) is 5.88. The van der Waals surface area contributed by atoms with Crippen LogP contribution >= 0.6 is 0 Å². The van der Waals surface area contributed by atoms with Crippen LogP contribution in [0.4, 0.5) is 0 Å². The third-order valence-electron chi connectivity index (χ3n) is 5.46. The predicted molar refractivity (Wildman–Crippen MR) is 108 cm³/mol. The SMILES string of the molecule is CN1CC(NC(=O)C2CC(c3cccc(C#N)c3)ON2)CN1Cc1ccccc1. The van der Waals surface area contributed by atoms with Gasteiger partial charge in [0.05, 0.1) is 17.7 Å². The van der Waals surface area contributed by atoms with Gasteiger partial charge in [0.15, 0.2) is 0 Å². The van der Waals surface area contributed by atoms with Crippen molar-refractivity contribution in [3.8, 4) is 6.07 Å². The second-order valence-electron chi connectivity index (χ2n) is 7.63. The number of hydrogen-bond donors (Lipinski definition) is 2. The molecule has 2 aromatic carbocycles. The van der Waals surface area contributed by atoms with Gasteiger partial charge in [0.2, 0.25) is 5.91 Å². The number of nitrogens with one attached hydrogen (secondary N) is 2. The Morgan fingerprint density at radius 3 is 2.86 bits per heavy atom. The number of benzene rings is 2. The summed E-state index contributed by atoms with van der Waals surface area (Å²) in [5.41, 5.74) is 5.60. The summed E-state index contributed by atoms with van der Waals surface area (Å²) in [5, 5.41) is 16.6. The molecule has 150 valence electrons. The molecular formula is C22H25N5O2.